The topological polar surface area (TPSA) is 61.3 Å². The molecule has 6 nitrogen and oxygen atoms in total. The lowest BCUT2D eigenvalue weighted by Crippen LogP contribution is -2.32. The Balaban J connectivity index is 1.77. The molecule has 1 N–H and O–H groups in total. The van der Waals surface area contributed by atoms with Crippen LogP contribution in [0.1, 0.15) is 21.6 Å². The Hall–Kier alpha value is -3.54. The van der Waals surface area contributed by atoms with E-state index in [0.717, 1.165) is 28.4 Å². The molecule has 2 heterocycles. The Bertz CT molecular complexity index is 1230. The van der Waals surface area contributed by atoms with Gasteiger partial charge in [-0.25, -0.2) is 4.79 Å². The van der Waals surface area contributed by atoms with E-state index >= 15 is 0 Å². The van der Waals surface area contributed by atoms with Gasteiger partial charge in [-0.05, 0) is 59.3 Å². The Kier molecular flexibility index (Phi) is 4.62. The zero-order chi connectivity index (χ0) is 20.7. The van der Waals surface area contributed by atoms with Crippen molar-refractivity contribution in [2.24, 2.45) is 0 Å². The molecule has 0 fully saturated rings. The summed E-state index contributed by atoms with van der Waals surface area (Å²) in [6.07, 6.45) is 2.72. The van der Waals surface area contributed by atoms with Gasteiger partial charge < -0.3 is 14.8 Å². The number of hydrogen-bond donors (Lipinski definition) is 1. The Morgan fingerprint density at radius 3 is 2.24 bits per heavy atom. The highest BCUT2D eigenvalue weighted by Gasteiger charge is 2.22. The fourth-order valence-electron chi connectivity index (χ4n) is 3.62. The van der Waals surface area contributed by atoms with Crippen molar-refractivity contribution in [3.05, 3.63) is 71.5 Å². The number of benzene rings is 2. The van der Waals surface area contributed by atoms with Gasteiger partial charge in [-0.3, -0.25) is 9.36 Å². The zero-order valence-electron chi connectivity index (χ0n) is 17.1. The first kappa shape index (κ1) is 18.8. The van der Waals surface area contributed by atoms with E-state index in [1.807, 2.05) is 18.3 Å². The average molecular weight is 388 g/mol. The molecular weight excluding hydrogens is 364 g/mol. The second-order valence-corrected chi connectivity index (χ2v) is 7.71. The average Bonchev–Trinajstić information content (AvgIpc) is 3.30. The minimum atomic E-state index is -0.240. The van der Waals surface area contributed by atoms with Crippen LogP contribution < -0.4 is 0 Å². The van der Waals surface area contributed by atoms with E-state index in [4.69, 9.17) is 0 Å². The molecule has 0 aliphatic carbocycles. The fourth-order valence-corrected chi connectivity index (χ4v) is 3.62. The van der Waals surface area contributed by atoms with E-state index in [1.54, 1.807) is 34.3 Å². The molecule has 2 aromatic carbocycles. The first-order valence-electron chi connectivity index (χ1n) is 9.49. The number of nitrogens with zero attached hydrogens (tertiary/aromatic N) is 3. The molecule has 4 rings (SSSR count). The SMILES string of the molecule is CN(C)C(=O)c1cc2cc(Cc3ccc4[nH]ccc4c3)ccc2n1C(=O)N(C)C. The predicted molar refractivity (Wildman–Crippen MR) is 116 cm³/mol. The van der Waals surface area contributed by atoms with E-state index in [-0.39, 0.29) is 11.9 Å². The first-order valence-corrected chi connectivity index (χ1v) is 9.49. The number of H-pyrrole nitrogens is 1. The summed E-state index contributed by atoms with van der Waals surface area (Å²) in [5, 5.41) is 2.07. The van der Waals surface area contributed by atoms with Gasteiger partial charge in [-0.1, -0.05) is 12.1 Å². The molecule has 4 aromatic rings. The molecule has 6 heteroatoms. The van der Waals surface area contributed by atoms with Crippen LogP contribution in [0.4, 0.5) is 4.79 Å². The zero-order valence-corrected chi connectivity index (χ0v) is 17.1. The van der Waals surface area contributed by atoms with Crippen molar-refractivity contribution >= 4 is 33.7 Å². The van der Waals surface area contributed by atoms with Gasteiger partial charge >= 0.3 is 6.03 Å². The molecule has 0 radical (unpaired) electrons. The van der Waals surface area contributed by atoms with Crippen molar-refractivity contribution in [1.82, 2.24) is 19.4 Å². The van der Waals surface area contributed by atoms with Crippen molar-refractivity contribution < 1.29 is 9.59 Å². The molecule has 0 saturated heterocycles. The van der Waals surface area contributed by atoms with Crippen LogP contribution in [0, 0.1) is 0 Å². The highest BCUT2D eigenvalue weighted by atomic mass is 16.2. The third kappa shape index (κ3) is 3.38. The molecular formula is C23H24N4O2. The van der Waals surface area contributed by atoms with Crippen LogP contribution in [0.15, 0.2) is 54.7 Å². The Morgan fingerprint density at radius 1 is 0.862 bits per heavy atom. The van der Waals surface area contributed by atoms with Crippen LogP contribution in [-0.4, -0.2) is 59.5 Å². The molecule has 0 unspecified atom stereocenters. The number of carbonyl (C=O) groups excluding carboxylic acids is 2. The lowest BCUT2D eigenvalue weighted by Gasteiger charge is -2.16. The van der Waals surface area contributed by atoms with Crippen molar-refractivity contribution in [3.63, 3.8) is 0 Å². The molecule has 2 amide bonds. The highest BCUT2D eigenvalue weighted by Crippen LogP contribution is 2.25. The lowest BCUT2D eigenvalue weighted by atomic mass is 10.0. The second-order valence-electron chi connectivity index (χ2n) is 7.71. The van der Waals surface area contributed by atoms with Crippen molar-refractivity contribution in [2.45, 2.75) is 6.42 Å². The number of hydrogen-bond acceptors (Lipinski definition) is 2. The maximum absolute atomic E-state index is 12.8. The number of carbonyl (C=O) groups is 2. The van der Waals surface area contributed by atoms with Crippen LogP contribution in [0.5, 0.6) is 0 Å². The van der Waals surface area contributed by atoms with Gasteiger partial charge in [-0.15, -0.1) is 0 Å². The van der Waals surface area contributed by atoms with Gasteiger partial charge in [-0.2, -0.15) is 0 Å². The van der Waals surface area contributed by atoms with Gasteiger partial charge in [0.05, 0.1) is 5.52 Å². The smallest absolute Gasteiger partial charge is 0.328 e. The first-order chi connectivity index (χ1) is 13.8. The largest absolute Gasteiger partial charge is 0.361 e. The van der Waals surface area contributed by atoms with Crippen LogP contribution in [0.3, 0.4) is 0 Å². The van der Waals surface area contributed by atoms with Crippen LogP contribution in [-0.2, 0) is 6.42 Å². The lowest BCUT2D eigenvalue weighted by molar-refractivity contribution is 0.0818. The maximum Gasteiger partial charge on any atom is 0.328 e. The van der Waals surface area contributed by atoms with Crippen LogP contribution in [0.2, 0.25) is 0 Å². The molecule has 2 aromatic heterocycles. The molecule has 0 saturated carbocycles. The van der Waals surface area contributed by atoms with Gasteiger partial charge in [0, 0.05) is 45.3 Å². The van der Waals surface area contributed by atoms with Crippen LogP contribution >= 0.6 is 0 Å². The Labute approximate surface area is 169 Å². The molecule has 0 bridgehead atoms. The summed E-state index contributed by atoms with van der Waals surface area (Å²) in [6, 6.07) is 16.0. The van der Waals surface area contributed by atoms with E-state index in [9.17, 15) is 9.59 Å². The van der Waals surface area contributed by atoms with Gasteiger partial charge in [0.25, 0.3) is 5.91 Å². The maximum atomic E-state index is 12.8. The van der Waals surface area contributed by atoms with E-state index in [2.05, 4.69) is 35.3 Å². The van der Waals surface area contributed by atoms with E-state index in [1.165, 1.54) is 25.3 Å². The fraction of sp³-hybridized carbons (Fsp3) is 0.217. The summed E-state index contributed by atoms with van der Waals surface area (Å²) in [5.74, 6) is -0.198. The number of rotatable bonds is 3. The number of aromatic amines is 1. The third-order valence-corrected chi connectivity index (χ3v) is 5.09. The molecule has 0 atom stereocenters. The minimum Gasteiger partial charge on any atom is -0.361 e. The summed E-state index contributed by atoms with van der Waals surface area (Å²) < 4.78 is 1.49. The van der Waals surface area contributed by atoms with Crippen molar-refractivity contribution in [2.75, 3.05) is 28.2 Å². The quantitative estimate of drug-likeness (QED) is 0.578. The number of aromatic nitrogens is 2. The number of amides is 2. The van der Waals surface area contributed by atoms with E-state index < -0.39 is 0 Å². The van der Waals surface area contributed by atoms with E-state index in [0.29, 0.717) is 5.69 Å². The highest BCUT2D eigenvalue weighted by molar-refractivity contribution is 6.04. The number of fused-ring (bicyclic) bond motifs is 2. The molecule has 0 spiro atoms. The molecule has 0 aliphatic rings. The monoisotopic (exact) mass is 388 g/mol. The molecule has 0 aliphatic heterocycles. The van der Waals surface area contributed by atoms with Gasteiger partial charge in [0.1, 0.15) is 5.69 Å². The predicted octanol–water partition coefficient (Wildman–Crippen LogP) is 3.94. The minimum absolute atomic E-state index is 0.198. The summed E-state index contributed by atoms with van der Waals surface area (Å²) in [6.45, 7) is 0. The summed E-state index contributed by atoms with van der Waals surface area (Å²) in [7, 11) is 6.74. The standard InChI is InChI=1S/C23H24N4O2/c1-25(2)22(28)21-14-18-13-16(6-8-20(18)27(21)23(29)26(3)4)11-15-5-7-19-17(12-15)9-10-24-19/h5-10,12-14,24H,11H2,1-4H3. The second kappa shape index (κ2) is 7.13. The number of nitrogens with one attached hydrogen (secondary N) is 1. The van der Waals surface area contributed by atoms with Crippen molar-refractivity contribution in [3.8, 4) is 0 Å². The third-order valence-electron chi connectivity index (χ3n) is 5.09. The molecule has 148 valence electrons. The van der Waals surface area contributed by atoms with Gasteiger partial charge in [0.15, 0.2) is 0 Å². The molecule has 29 heavy (non-hydrogen) atoms. The Morgan fingerprint density at radius 2 is 1.55 bits per heavy atom. The van der Waals surface area contributed by atoms with Crippen LogP contribution in [0.25, 0.3) is 21.8 Å². The summed E-state index contributed by atoms with van der Waals surface area (Å²) in [4.78, 5) is 31.6. The summed E-state index contributed by atoms with van der Waals surface area (Å²) >= 11 is 0. The normalized spacial score (nSPS) is 11.2. The van der Waals surface area contributed by atoms with Crippen molar-refractivity contribution in [1.29, 1.82) is 0 Å². The van der Waals surface area contributed by atoms with Gasteiger partial charge in [0.2, 0.25) is 0 Å². The summed E-state index contributed by atoms with van der Waals surface area (Å²) in [5.41, 5.74) is 4.57.